The number of pyridine rings is 1. The predicted octanol–water partition coefficient (Wildman–Crippen LogP) is 3.95. The summed E-state index contributed by atoms with van der Waals surface area (Å²) in [5, 5.41) is 4.29. The fourth-order valence-electron chi connectivity index (χ4n) is 4.01. The average Bonchev–Trinajstić information content (AvgIpc) is 2.84. The first-order chi connectivity index (χ1) is 16.5. The van der Waals surface area contributed by atoms with Crippen molar-refractivity contribution >= 4 is 34.2 Å². The molecule has 0 aliphatic carbocycles. The summed E-state index contributed by atoms with van der Waals surface area (Å²) in [6.07, 6.45) is 0.780. The van der Waals surface area contributed by atoms with Crippen LogP contribution in [0.3, 0.4) is 0 Å². The quantitative estimate of drug-likeness (QED) is 0.505. The van der Waals surface area contributed by atoms with Gasteiger partial charge in [-0.2, -0.15) is 0 Å². The number of fused-ring (bicyclic) bond motifs is 1. The van der Waals surface area contributed by atoms with Gasteiger partial charge >= 0.3 is 6.03 Å². The number of nitrogens with zero attached hydrogens (tertiary/aromatic N) is 2. The summed E-state index contributed by atoms with van der Waals surface area (Å²) >= 11 is 6.07. The van der Waals surface area contributed by atoms with Gasteiger partial charge in [-0.05, 0) is 48.9 Å². The number of nitrogens with one attached hydrogen (secondary N) is 2. The molecular formula is C25H29ClN4O4. The van der Waals surface area contributed by atoms with Crippen LogP contribution in [0.4, 0.5) is 10.5 Å². The summed E-state index contributed by atoms with van der Waals surface area (Å²) in [6, 6.07) is 14.0. The third kappa shape index (κ3) is 6.28. The highest BCUT2D eigenvalue weighted by atomic mass is 35.5. The summed E-state index contributed by atoms with van der Waals surface area (Å²) < 4.78 is 10.7. The molecule has 2 heterocycles. The van der Waals surface area contributed by atoms with Crippen LogP contribution in [0.25, 0.3) is 10.9 Å². The number of rotatable bonds is 8. The lowest BCUT2D eigenvalue weighted by Gasteiger charge is -2.28. The van der Waals surface area contributed by atoms with E-state index < -0.39 is 0 Å². The van der Waals surface area contributed by atoms with Crippen molar-refractivity contribution < 1.29 is 14.3 Å². The molecule has 0 bridgehead atoms. The molecule has 1 aliphatic heterocycles. The van der Waals surface area contributed by atoms with E-state index in [4.69, 9.17) is 21.1 Å². The Morgan fingerprint density at radius 2 is 2.03 bits per heavy atom. The maximum atomic E-state index is 13.2. The molecule has 1 aromatic heterocycles. The Kier molecular flexibility index (Phi) is 8.05. The monoisotopic (exact) mass is 484 g/mol. The van der Waals surface area contributed by atoms with E-state index in [0.717, 1.165) is 50.2 Å². The maximum Gasteiger partial charge on any atom is 0.322 e. The second-order valence-corrected chi connectivity index (χ2v) is 8.68. The molecule has 1 aliphatic rings. The maximum absolute atomic E-state index is 13.2. The molecule has 0 saturated carbocycles. The van der Waals surface area contributed by atoms with E-state index in [0.29, 0.717) is 28.6 Å². The summed E-state index contributed by atoms with van der Waals surface area (Å²) in [4.78, 5) is 32.9. The van der Waals surface area contributed by atoms with Gasteiger partial charge in [-0.3, -0.25) is 9.69 Å². The SMILES string of the molecule is COc1ccc2[nH]c(=O)c(CN(CCCN3CCOCC3)C(=O)Nc3cccc(Cl)c3)cc2c1. The van der Waals surface area contributed by atoms with Gasteiger partial charge in [0.1, 0.15) is 5.75 Å². The summed E-state index contributed by atoms with van der Waals surface area (Å²) in [5.74, 6) is 0.701. The van der Waals surface area contributed by atoms with Crippen LogP contribution in [-0.4, -0.2) is 67.3 Å². The number of urea groups is 1. The Morgan fingerprint density at radius 3 is 2.79 bits per heavy atom. The molecule has 3 aromatic rings. The molecule has 0 unspecified atom stereocenters. The number of halogens is 1. The topological polar surface area (TPSA) is 86.9 Å². The first-order valence-electron chi connectivity index (χ1n) is 11.3. The molecule has 2 N–H and O–H groups in total. The number of ether oxygens (including phenoxy) is 2. The van der Waals surface area contributed by atoms with E-state index in [1.165, 1.54) is 0 Å². The Morgan fingerprint density at radius 1 is 1.21 bits per heavy atom. The van der Waals surface area contributed by atoms with E-state index in [2.05, 4.69) is 15.2 Å². The van der Waals surface area contributed by atoms with Crippen LogP contribution >= 0.6 is 11.6 Å². The lowest BCUT2D eigenvalue weighted by Crippen LogP contribution is -2.40. The number of morpholine rings is 1. The number of aromatic nitrogens is 1. The second kappa shape index (κ2) is 11.4. The number of carbonyl (C=O) groups excluding carboxylic acids is 1. The molecule has 8 nitrogen and oxygen atoms in total. The standard InChI is InChI=1S/C25H29ClN4O4/c1-33-22-6-7-23-18(15-22)14-19(24(31)28-23)17-30(9-3-8-29-10-12-34-13-11-29)25(32)27-21-5-2-4-20(26)16-21/h2,4-7,14-16H,3,8-13,17H2,1H3,(H,27,32)(H,28,31). The number of carbonyl (C=O) groups is 1. The molecular weight excluding hydrogens is 456 g/mol. The van der Waals surface area contributed by atoms with Crippen molar-refractivity contribution in [3.63, 3.8) is 0 Å². The van der Waals surface area contributed by atoms with E-state index in [-0.39, 0.29) is 18.1 Å². The van der Waals surface area contributed by atoms with Crippen LogP contribution in [0.2, 0.25) is 5.02 Å². The molecule has 180 valence electrons. The van der Waals surface area contributed by atoms with Crippen molar-refractivity contribution in [1.29, 1.82) is 0 Å². The highest BCUT2D eigenvalue weighted by Crippen LogP contribution is 2.20. The zero-order valence-corrected chi connectivity index (χ0v) is 19.9. The first kappa shape index (κ1) is 24.1. The minimum absolute atomic E-state index is 0.179. The van der Waals surface area contributed by atoms with Crippen LogP contribution in [0, 0.1) is 0 Å². The van der Waals surface area contributed by atoms with Crippen LogP contribution in [0.5, 0.6) is 5.75 Å². The number of hydrogen-bond acceptors (Lipinski definition) is 5. The zero-order chi connectivity index (χ0) is 23.9. The number of benzene rings is 2. The van der Waals surface area contributed by atoms with Crippen LogP contribution in [-0.2, 0) is 11.3 Å². The molecule has 0 spiro atoms. The molecule has 1 fully saturated rings. The van der Waals surface area contributed by atoms with Crippen molar-refractivity contribution in [2.24, 2.45) is 0 Å². The first-order valence-corrected chi connectivity index (χ1v) is 11.7. The number of methoxy groups -OCH3 is 1. The van der Waals surface area contributed by atoms with Gasteiger partial charge in [0.15, 0.2) is 0 Å². The van der Waals surface area contributed by atoms with E-state index in [9.17, 15) is 9.59 Å². The summed E-state index contributed by atoms with van der Waals surface area (Å²) in [6.45, 7) is 4.78. The average molecular weight is 485 g/mol. The van der Waals surface area contributed by atoms with Crippen molar-refractivity contribution in [3.05, 3.63) is 69.5 Å². The smallest absolute Gasteiger partial charge is 0.322 e. The van der Waals surface area contributed by atoms with Gasteiger partial charge in [0.2, 0.25) is 0 Å². The Labute approximate surface area is 203 Å². The molecule has 34 heavy (non-hydrogen) atoms. The molecule has 0 atom stereocenters. The number of amides is 2. The molecule has 9 heteroatoms. The van der Waals surface area contributed by atoms with Crippen LogP contribution in [0.1, 0.15) is 12.0 Å². The summed E-state index contributed by atoms with van der Waals surface area (Å²) in [5.41, 5.74) is 1.62. The Balaban J connectivity index is 1.53. The number of anilines is 1. The minimum atomic E-state index is -0.283. The van der Waals surface area contributed by atoms with Crippen molar-refractivity contribution in [1.82, 2.24) is 14.8 Å². The van der Waals surface area contributed by atoms with Gasteiger partial charge in [0, 0.05) is 53.4 Å². The van der Waals surface area contributed by atoms with Gasteiger partial charge < -0.3 is 24.7 Å². The fraction of sp³-hybridized carbons (Fsp3) is 0.360. The minimum Gasteiger partial charge on any atom is -0.497 e. The molecule has 0 radical (unpaired) electrons. The molecule has 1 saturated heterocycles. The van der Waals surface area contributed by atoms with E-state index >= 15 is 0 Å². The second-order valence-electron chi connectivity index (χ2n) is 8.25. The highest BCUT2D eigenvalue weighted by Gasteiger charge is 2.18. The lowest BCUT2D eigenvalue weighted by molar-refractivity contribution is 0.0365. The van der Waals surface area contributed by atoms with E-state index in [1.807, 2.05) is 18.2 Å². The zero-order valence-electron chi connectivity index (χ0n) is 19.2. The number of aromatic amines is 1. The highest BCUT2D eigenvalue weighted by molar-refractivity contribution is 6.30. The third-order valence-corrected chi connectivity index (χ3v) is 6.09. The molecule has 2 amide bonds. The number of hydrogen-bond donors (Lipinski definition) is 2. The van der Waals surface area contributed by atoms with E-state index in [1.54, 1.807) is 42.3 Å². The van der Waals surface area contributed by atoms with Gasteiger partial charge in [0.25, 0.3) is 5.56 Å². The van der Waals surface area contributed by atoms with Crippen molar-refractivity contribution in [3.8, 4) is 5.75 Å². The Bertz CT molecular complexity index is 1190. The normalized spacial score (nSPS) is 14.2. The largest absolute Gasteiger partial charge is 0.497 e. The Hall–Kier alpha value is -3.07. The number of H-pyrrole nitrogens is 1. The third-order valence-electron chi connectivity index (χ3n) is 5.86. The predicted molar refractivity (Wildman–Crippen MR) is 134 cm³/mol. The lowest BCUT2D eigenvalue weighted by atomic mass is 10.1. The van der Waals surface area contributed by atoms with Gasteiger partial charge in [0.05, 0.1) is 26.9 Å². The summed E-state index contributed by atoms with van der Waals surface area (Å²) in [7, 11) is 1.60. The van der Waals surface area contributed by atoms with Gasteiger partial charge in [-0.25, -0.2) is 4.79 Å². The molecule has 4 rings (SSSR count). The van der Waals surface area contributed by atoms with Crippen molar-refractivity contribution in [2.45, 2.75) is 13.0 Å². The van der Waals surface area contributed by atoms with Gasteiger partial charge in [-0.1, -0.05) is 17.7 Å². The molecule has 2 aromatic carbocycles. The fourth-order valence-corrected chi connectivity index (χ4v) is 4.20. The van der Waals surface area contributed by atoms with Gasteiger partial charge in [-0.15, -0.1) is 0 Å². The van der Waals surface area contributed by atoms with Crippen LogP contribution in [0.15, 0.2) is 53.3 Å². The van der Waals surface area contributed by atoms with Crippen molar-refractivity contribution in [2.75, 3.05) is 51.8 Å². The van der Waals surface area contributed by atoms with Crippen LogP contribution < -0.4 is 15.6 Å².